The minimum absolute atomic E-state index is 0.195. The first-order valence-electron chi connectivity index (χ1n) is 3.49. The van der Waals surface area contributed by atoms with E-state index < -0.39 is 13.0 Å². The molecule has 0 amide bonds. The molecule has 0 aliphatic carbocycles. The summed E-state index contributed by atoms with van der Waals surface area (Å²) < 4.78 is 27.6. The number of hydrogen-bond acceptors (Lipinski definition) is 2. The summed E-state index contributed by atoms with van der Waals surface area (Å²) in [6.45, 7) is 0.0430. The van der Waals surface area contributed by atoms with Gasteiger partial charge in [-0.25, -0.2) is 8.78 Å². The summed E-state index contributed by atoms with van der Waals surface area (Å²) in [5, 5.41) is 2.66. The van der Waals surface area contributed by atoms with E-state index in [4.69, 9.17) is 5.73 Å². The van der Waals surface area contributed by atoms with Crippen molar-refractivity contribution >= 4 is 5.96 Å². The second kappa shape index (κ2) is 6.78. The Labute approximate surface area is 69.8 Å². The van der Waals surface area contributed by atoms with E-state index in [0.29, 0.717) is 6.54 Å². The third-order valence-electron chi connectivity index (χ3n) is 1.04. The average molecular weight is 181 g/mol. The number of halogens is 2. The monoisotopic (exact) mass is 181 g/mol. The van der Waals surface area contributed by atoms with Gasteiger partial charge in [-0.15, -0.1) is 0 Å². The summed E-state index contributed by atoms with van der Waals surface area (Å²) in [6, 6.07) is 0. The highest BCUT2D eigenvalue weighted by Gasteiger charge is 2.00. The highest BCUT2D eigenvalue weighted by atomic mass is 19.3. The molecule has 0 saturated carbocycles. The van der Waals surface area contributed by atoms with Crippen LogP contribution >= 0.6 is 0 Å². The molecule has 0 aromatic heterocycles. The zero-order valence-electron chi connectivity index (χ0n) is 6.89. The van der Waals surface area contributed by atoms with Gasteiger partial charge in [-0.1, -0.05) is 0 Å². The molecule has 0 saturated heterocycles. The Bertz CT molecular complexity index is 141. The van der Waals surface area contributed by atoms with Gasteiger partial charge in [-0.05, 0) is 0 Å². The highest BCUT2D eigenvalue weighted by molar-refractivity contribution is 5.77. The molecule has 0 aromatic carbocycles. The van der Waals surface area contributed by atoms with Crippen molar-refractivity contribution in [1.29, 1.82) is 0 Å². The normalized spacial score (nSPS) is 12.2. The van der Waals surface area contributed by atoms with Crippen LogP contribution in [0.4, 0.5) is 8.78 Å². The van der Waals surface area contributed by atoms with E-state index in [0.717, 1.165) is 0 Å². The zero-order valence-corrected chi connectivity index (χ0v) is 6.89. The quantitative estimate of drug-likeness (QED) is 0.351. The molecule has 0 spiro atoms. The van der Waals surface area contributed by atoms with Gasteiger partial charge < -0.3 is 15.8 Å². The third kappa shape index (κ3) is 7.20. The second-order valence-corrected chi connectivity index (χ2v) is 2.00. The Morgan fingerprint density at radius 1 is 1.67 bits per heavy atom. The van der Waals surface area contributed by atoms with Crippen LogP contribution in [0.1, 0.15) is 0 Å². The molecule has 72 valence electrons. The highest BCUT2D eigenvalue weighted by Crippen LogP contribution is 1.90. The molecule has 0 radical (unpaired) electrons. The van der Waals surface area contributed by atoms with Gasteiger partial charge in [0.25, 0.3) is 6.43 Å². The standard InChI is InChI=1S/C6H13F2N3O/c1-10-6(9)11-2-3-12-4-5(7)8/h5H,2-4H2,1H3,(H3,9,10,11). The molecule has 3 N–H and O–H groups in total. The number of ether oxygens (including phenoxy) is 1. The van der Waals surface area contributed by atoms with E-state index in [1.165, 1.54) is 7.05 Å². The minimum Gasteiger partial charge on any atom is -0.374 e. The lowest BCUT2D eigenvalue weighted by Crippen LogP contribution is -2.34. The predicted octanol–water partition coefficient (Wildman–Crippen LogP) is -0.198. The Balaban J connectivity index is 3.11. The van der Waals surface area contributed by atoms with Crippen LogP contribution in [0.3, 0.4) is 0 Å². The molecule has 12 heavy (non-hydrogen) atoms. The lowest BCUT2D eigenvalue weighted by atomic mass is 10.6. The van der Waals surface area contributed by atoms with Crippen LogP contribution < -0.4 is 11.1 Å². The third-order valence-corrected chi connectivity index (χ3v) is 1.04. The van der Waals surface area contributed by atoms with Crippen LogP contribution in [-0.2, 0) is 4.74 Å². The van der Waals surface area contributed by atoms with Crippen molar-refractivity contribution in [3.8, 4) is 0 Å². The summed E-state index contributed by atoms with van der Waals surface area (Å²) in [4.78, 5) is 3.60. The molecule has 0 rings (SSSR count). The minimum atomic E-state index is -2.41. The van der Waals surface area contributed by atoms with Crippen molar-refractivity contribution < 1.29 is 13.5 Å². The molecular weight excluding hydrogens is 168 g/mol. The number of rotatable bonds is 5. The molecule has 4 nitrogen and oxygen atoms in total. The first kappa shape index (κ1) is 11.1. The van der Waals surface area contributed by atoms with Gasteiger partial charge >= 0.3 is 0 Å². The molecule has 0 unspecified atom stereocenters. The topological polar surface area (TPSA) is 59.6 Å². The molecule has 0 fully saturated rings. The van der Waals surface area contributed by atoms with Crippen molar-refractivity contribution in [1.82, 2.24) is 5.32 Å². The van der Waals surface area contributed by atoms with E-state index >= 15 is 0 Å². The Hall–Kier alpha value is -0.910. The summed E-state index contributed by atoms with van der Waals surface area (Å²) in [7, 11) is 1.53. The molecule has 0 heterocycles. The SMILES string of the molecule is CN=C(N)NCCOCC(F)F. The summed E-state index contributed by atoms with van der Waals surface area (Å²) in [6.07, 6.45) is -2.41. The first-order valence-corrected chi connectivity index (χ1v) is 3.49. The lowest BCUT2D eigenvalue weighted by Gasteiger charge is -2.05. The first-order chi connectivity index (χ1) is 5.66. The summed E-state index contributed by atoms with van der Waals surface area (Å²) in [5.41, 5.74) is 5.25. The Kier molecular flexibility index (Phi) is 6.26. The van der Waals surface area contributed by atoms with Gasteiger partial charge in [0.2, 0.25) is 0 Å². The Morgan fingerprint density at radius 3 is 2.83 bits per heavy atom. The molecule has 0 aromatic rings. The maximum absolute atomic E-state index is 11.5. The van der Waals surface area contributed by atoms with Crippen LogP contribution in [-0.4, -0.2) is 39.2 Å². The van der Waals surface area contributed by atoms with Crippen molar-refractivity contribution in [2.45, 2.75) is 6.43 Å². The van der Waals surface area contributed by atoms with Crippen LogP contribution in [0.25, 0.3) is 0 Å². The van der Waals surface area contributed by atoms with Crippen LogP contribution in [0.5, 0.6) is 0 Å². The van der Waals surface area contributed by atoms with E-state index in [1.54, 1.807) is 0 Å². The molecule has 0 aliphatic heterocycles. The smallest absolute Gasteiger partial charge is 0.261 e. The number of alkyl halides is 2. The fraction of sp³-hybridized carbons (Fsp3) is 0.833. The molecule has 0 atom stereocenters. The van der Waals surface area contributed by atoms with Crippen molar-refractivity contribution in [3.05, 3.63) is 0 Å². The second-order valence-electron chi connectivity index (χ2n) is 2.00. The van der Waals surface area contributed by atoms with Crippen LogP contribution in [0.2, 0.25) is 0 Å². The van der Waals surface area contributed by atoms with Crippen molar-refractivity contribution in [3.63, 3.8) is 0 Å². The maximum Gasteiger partial charge on any atom is 0.261 e. The molecule has 0 bridgehead atoms. The number of guanidine groups is 1. The average Bonchev–Trinajstić information content (AvgIpc) is 2.03. The zero-order chi connectivity index (χ0) is 9.40. The predicted molar refractivity (Wildman–Crippen MR) is 42.4 cm³/mol. The summed E-state index contributed by atoms with van der Waals surface area (Å²) in [5.74, 6) is 0.274. The van der Waals surface area contributed by atoms with E-state index in [2.05, 4.69) is 15.0 Å². The van der Waals surface area contributed by atoms with Gasteiger partial charge in [0.15, 0.2) is 5.96 Å². The fourth-order valence-electron chi connectivity index (χ4n) is 0.503. The Morgan fingerprint density at radius 2 is 2.33 bits per heavy atom. The van der Waals surface area contributed by atoms with Gasteiger partial charge in [-0.2, -0.15) is 0 Å². The van der Waals surface area contributed by atoms with Crippen LogP contribution in [0.15, 0.2) is 4.99 Å². The molecule has 6 heteroatoms. The maximum atomic E-state index is 11.5. The van der Waals surface area contributed by atoms with E-state index in [1.807, 2.05) is 0 Å². The number of nitrogens with two attached hydrogens (primary N) is 1. The van der Waals surface area contributed by atoms with E-state index in [9.17, 15) is 8.78 Å². The summed E-state index contributed by atoms with van der Waals surface area (Å²) >= 11 is 0. The molecule has 0 aliphatic rings. The van der Waals surface area contributed by atoms with Crippen molar-refractivity contribution in [2.75, 3.05) is 26.8 Å². The van der Waals surface area contributed by atoms with Crippen molar-refractivity contribution in [2.24, 2.45) is 10.7 Å². The number of hydrogen-bond donors (Lipinski definition) is 2. The number of nitrogens with zero attached hydrogens (tertiary/aromatic N) is 1. The van der Waals surface area contributed by atoms with Gasteiger partial charge in [0.05, 0.1) is 6.61 Å². The van der Waals surface area contributed by atoms with Gasteiger partial charge in [0.1, 0.15) is 6.61 Å². The molecular formula is C6H13F2N3O. The number of aliphatic imine (C=N–C) groups is 1. The van der Waals surface area contributed by atoms with Crippen LogP contribution in [0, 0.1) is 0 Å². The number of nitrogens with one attached hydrogen (secondary N) is 1. The van der Waals surface area contributed by atoms with Gasteiger partial charge in [-0.3, -0.25) is 4.99 Å². The van der Waals surface area contributed by atoms with Gasteiger partial charge in [0, 0.05) is 13.6 Å². The fourth-order valence-corrected chi connectivity index (χ4v) is 0.503. The largest absolute Gasteiger partial charge is 0.374 e. The lowest BCUT2D eigenvalue weighted by molar-refractivity contribution is 0.0197. The van der Waals surface area contributed by atoms with E-state index in [-0.39, 0.29) is 12.6 Å².